The SMILES string of the molecule is CC(=O)C(C)C=CC1CC=C(C)C1(C)C. The van der Waals surface area contributed by atoms with Gasteiger partial charge in [0.25, 0.3) is 0 Å². The van der Waals surface area contributed by atoms with E-state index in [0.717, 1.165) is 6.42 Å². The molecule has 0 spiro atoms. The molecule has 0 aromatic heterocycles. The topological polar surface area (TPSA) is 17.1 Å². The largest absolute Gasteiger partial charge is 0.299 e. The van der Waals surface area contributed by atoms with Crippen molar-refractivity contribution in [2.45, 2.75) is 41.0 Å². The van der Waals surface area contributed by atoms with Gasteiger partial charge in [-0.2, -0.15) is 0 Å². The molecule has 0 aromatic rings. The van der Waals surface area contributed by atoms with Gasteiger partial charge < -0.3 is 0 Å². The predicted octanol–water partition coefficient (Wildman–Crippen LogP) is 3.76. The first-order valence-corrected chi connectivity index (χ1v) is 5.71. The average molecular weight is 206 g/mol. The van der Waals surface area contributed by atoms with Gasteiger partial charge in [0, 0.05) is 5.92 Å². The summed E-state index contributed by atoms with van der Waals surface area (Å²) < 4.78 is 0. The van der Waals surface area contributed by atoms with Crippen LogP contribution in [0.25, 0.3) is 0 Å². The molecule has 1 nitrogen and oxygen atoms in total. The summed E-state index contributed by atoms with van der Waals surface area (Å²) in [5.41, 5.74) is 1.72. The number of carbonyl (C=O) groups excluding carboxylic acids is 1. The normalized spacial score (nSPS) is 26.7. The molecular formula is C14H22O. The zero-order valence-corrected chi connectivity index (χ0v) is 10.5. The minimum absolute atomic E-state index is 0.0571. The van der Waals surface area contributed by atoms with Gasteiger partial charge in [0.2, 0.25) is 0 Å². The van der Waals surface area contributed by atoms with E-state index < -0.39 is 0 Å². The van der Waals surface area contributed by atoms with Crippen LogP contribution in [0.15, 0.2) is 23.8 Å². The summed E-state index contributed by atoms with van der Waals surface area (Å²) in [7, 11) is 0. The molecule has 0 saturated carbocycles. The van der Waals surface area contributed by atoms with Crippen molar-refractivity contribution in [3.05, 3.63) is 23.8 Å². The fraction of sp³-hybridized carbons (Fsp3) is 0.643. The van der Waals surface area contributed by atoms with Crippen molar-refractivity contribution in [3.8, 4) is 0 Å². The van der Waals surface area contributed by atoms with Crippen LogP contribution in [0, 0.1) is 17.3 Å². The van der Waals surface area contributed by atoms with E-state index in [9.17, 15) is 4.79 Å². The molecule has 0 heterocycles. The molecule has 0 bridgehead atoms. The third kappa shape index (κ3) is 2.58. The molecule has 0 aliphatic heterocycles. The second-order valence-electron chi connectivity index (χ2n) is 5.24. The summed E-state index contributed by atoms with van der Waals surface area (Å²) in [5, 5.41) is 0. The Kier molecular flexibility index (Phi) is 3.54. The number of ketones is 1. The number of allylic oxidation sites excluding steroid dienone is 4. The molecule has 0 fully saturated rings. The summed E-state index contributed by atoms with van der Waals surface area (Å²) in [6.07, 6.45) is 7.70. The Balaban J connectivity index is 2.66. The molecule has 0 radical (unpaired) electrons. The first-order chi connectivity index (χ1) is 6.85. The zero-order valence-electron chi connectivity index (χ0n) is 10.5. The van der Waals surface area contributed by atoms with Crippen LogP contribution in [-0.4, -0.2) is 5.78 Å². The van der Waals surface area contributed by atoms with E-state index in [1.807, 2.05) is 6.92 Å². The van der Waals surface area contributed by atoms with Crippen molar-refractivity contribution in [1.82, 2.24) is 0 Å². The van der Waals surface area contributed by atoms with Gasteiger partial charge in [0.05, 0.1) is 0 Å². The number of hydrogen-bond donors (Lipinski definition) is 0. The third-order valence-corrected chi connectivity index (χ3v) is 3.89. The second-order valence-corrected chi connectivity index (χ2v) is 5.24. The first kappa shape index (κ1) is 12.2. The molecular weight excluding hydrogens is 184 g/mol. The van der Waals surface area contributed by atoms with Crippen LogP contribution in [0.4, 0.5) is 0 Å². The van der Waals surface area contributed by atoms with Gasteiger partial charge in [-0.3, -0.25) is 4.79 Å². The lowest BCUT2D eigenvalue weighted by molar-refractivity contribution is -0.118. The lowest BCUT2D eigenvalue weighted by Crippen LogP contribution is -2.18. The summed E-state index contributed by atoms with van der Waals surface area (Å²) in [5.74, 6) is 0.854. The van der Waals surface area contributed by atoms with Gasteiger partial charge in [0.15, 0.2) is 0 Å². The zero-order chi connectivity index (χ0) is 11.6. The van der Waals surface area contributed by atoms with Crippen LogP contribution in [-0.2, 0) is 4.79 Å². The molecule has 0 saturated heterocycles. The number of Topliss-reactive ketones (excluding diaryl/α,β-unsaturated/α-hetero) is 1. The van der Waals surface area contributed by atoms with Crippen molar-refractivity contribution >= 4 is 5.78 Å². The molecule has 0 N–H and O–H groups in total. The van der Waals surface area contributed by atoms with Gasteiger partial charge in [-0.05, 0) is 31.6 Å². The molecule has 15 heavy (non-hydrogen) atoms. The highest BCUT2D eigenvalue weighted by Gasteiger charge is 2.32. The van der Waals surface area contributed by atoms with Crippen molar-refractivity contribution < 1.29 is 4.79 Å². The van der Waals surface area contributed by atoms with Crippen LogP contribution >= 0.6 is 0 Å². The van der Waals surface area contributed by atoms with Crippen LogP contribution in [0.3, 0.4) is 0 Å². The van der Waals surface area contributed by atoms with Gasteiger partial charge >= 0.3 is 0 Å². The highest BCUT2D eigenvalue weighted by atomic mass is 16.1. The molecule has 1 rings (SSSR count). The van der Waals surface area contributed by atoms with E-state index in [2.05, 4.69) is 39.0 Å². The maximum Gasteiger partial charge on any atom is 0.136 e. The predicted molar refractivity (Wildman–Crippen MR) is 64.6 cm³/mol. The smallest absolute Gasteiger partial charge is 0.136 e. The lowest BCUT2D eigenvalue weighted by atomic mass is 9.77. The van der Waals surface area contributed by atoms with Crippen molar-refractivity contribution in [3.63, 3.8) is 0 Å². The summed E-state index contributed by atoms with van der Waals surface area (Å²) in [6.45, 7) is 10.4. The second kappa shape index (κ2) is 4.34. The van der Waals surface area contributed by atoms with Crippen LogP contribution < -0.4 is 0 Å². The van der Waals surface area contributed by atoms with Gasteiger partial charge in [-0.1, -0.05) is 44.6 Å². The average Bonchev–Trinajstić information content (AvgIpc) is 2.39. The van der Waals surface area contributed by atoms with Gasteiger partial charge in [0.1, 0.15) is 5.78 Å². The molecule has 0 aromatic carbocycles. The maximum atomic E-state index is 11.1. The fourth-order valence-electron chi connectivity index (χ4n) is 1.91. The Hall–Kier alpha value is -0.850. The minimum atomic E-state index is 0.0571. The fourth-order valence-corrected chi connectivity index (χ4v) is 1.91. The summed E-state index contributed by atoms with van der Waals surface area (Å²) >= 11 is 0. The van der Waals surface area contributed by atoms with Crippen LogP contribution in [0.2, 0.25) is 0 Å². The summed E-state index contributed by atoms with van der Waals surface area (Å²) in [4.78, 5) is 11.1. The molecule has 2 atom stereocenters. The molecule has 0 amide bonds. The van der Waals surface area contributed by atoms with E-state index in [4.69, 9.17) is 0 Å². The van der Waals surface area contributed by atoms with Gasteiger partial charge in [-0.25, -0.2) is 0 Å². The van der Waals surface area contributed by atoms with E-state index in [0.29, 0.717) is 5.92 Å². The van der Waals surface area contributed by atoms with E-state index in [-0.39, 0.29) is 17.1 Å². The number of hydrogen-bond acceptors (Lipinski definition) is 1. The Bertz CT molecular complexity index is 307. The Morgan fingerprint density at radius 3 is 2.60 bits per heavy atom. The standard InChI is InChI=1S/C14H22O/c1-10(12(3)15)6-8-13-9-7-11(2)14(13,4)5/h6-8,10,13H,9H2,1-5H3. The third-order valence-electron chi connectivity index (χ3n) is 3.89. The van der Waals surface area contributed by atoms with Crippen molar-refractivity contribution in [1.29, 1.82) is 0 Å². The first-order valence-electron chi connectivity index (χ1n) is 5.71. The quantitative estimate of drug-likeness (QED) is 0.643. The molecule has 1 aliphatic rings. The Labute approximate surface area is 93.3 Å². The maximum absolute atomic E-state index is 11.1. The highest BCUT2D eigenvalue weighted by Crippen LogP contribution is 2.43. The van der Waals surface area contributed by atoms with Crippen LogP contribution in [0.5, 0.6) is 0 Å². The molecule has 84 valence electrons. The lowest BCUT2D eigenvalue weighted by Gasteiger charge is -2.27. The number of rotatable bonds is 3. The van der Waals surface area contributed by atoms with Crippen molar-refractivity contribution in [2.75, 3.05) is 0 Å². The molecule has 1 heteroatoms. The monoisotopic (exact) mass is 206 g/mol. The number of carbonyl (C=O) groups is 1. The van der Waals surface area contributed by atoms with E-state index in [1.54, 1.807) is 6.92 Å². The molecule has 2 unspecified atom stereocenters. The molecule has 1 aliphatic carbocycles. The van der Waals surface area contributed by atoms with Crippen LogP contribution in [0.1, 0.15) is 41.0 Å². The highest BCUT2D eigenvalue weighted by molar-refractivity contribution is 5.79. The van der Waals surface area contributed by atoms with E-state index in [1.165, 1.54) is 5.57 Å². The minimum Gasteiger partial charge on any atom is -0.299 e. The summed E-state index contributed by atoms with van der Waals surface area (Å²) in [6, 6.07) is 0. The Morgan fingerprint density at radius 2 is 2.20 bits per heavy atom. The Morgan fingerprint density at radius 1 is 1.60 bits per heavy atom. The van der Waals surface area contributed by atoms with E-state index >= 15 is 0 Å². The van der Waals surface area contributed by atoms with Gasteiger partial charge in [-0.15, -0.1) is 0 Å². The van der Waals surface area contributed by atoms with Crippen molar-refractivity contribution in [2.24, 2.45) is 17.3 Å².